The van der Waals surface area contributed by atoms with Crippen molar-refractivity contribution in [3.8, 4) is 0 Å². The molecule has 1 aromatic rings. The molecule has 3 fully saturated rings. The number of halogens is 1. The van der Waals surface area contributed by atoms with Crippen molar-refractivity contribution in [2.45, 2.75) is 76.1 Å². The van der Waals surface area contributed by atoms with Crippen LogP contribution in [0.1, 0.15) is 44.7 Å². The highest BCUT2D eigenvalue weighted by atomic mass is 79.9. The third-order valence-electron chi connectivity index (χ3n) is 7.61. The summed E-state index contributed by atoms with van der Waals surface area (Å²) in [5, 5.41) is 13.4. The first kappa shape index (κ1) is 26.1. The van der Waals surface area contributed by atoms with E-state index in [1.807, 2.05) is 45.9 Å². The SMILES string of the molecule is CCOC(=O)[C@H]1[C@@H]2O[C@@]3(CC2Br)[C@@H]1C(=O)N([C@@H](CO)CC(C)C)[C@@H]3C(=O)Nc1c(C)cccc1C. The second kappa shape index (κ2) is 9.82. The van der Waals surface area contributed by atoms with Crippen LogP contribution in [0.5, 0.6) is 0 Å². The molecule has 2 amide bonds. The summed E-state index contributed by atoms with van der Waals surface area (Å²) in [6.45, 7) is 9.47. The van der Waals surface area contributed by atoms with Gasteiger partial charge in [-0.25, -0.2) is 0 Å². The predicted octanol–water partition coefficient (Wildman–Crippen LogP) is 2.96. The van der Waals surface area contributed by atoms with E-state index in [9.17, 15) is 19.5 Å². The minimum absolute atomic E-state index is 0.183. The molecule has 3 heterocycles. The summed E-state index contributed by atoms with van der Waals surface area (Å²) in [4.78, 5) is 42.3. The van der Waals surface area contributed by atoms with Crippen molar-refractivity contribution in [2.75, 3.05) is 18.5 Å². The highest BCUT2D eigenvalue weighted by molar-refractivity contribution is 9.09. The number of carbonyl (C=O) groups is 3. The number of likely N-dealkylation sites (tertiary alicyclic amines) is 1. The van der Waals surface area contributed by atoms with E-state index >= 15 is 0 Å². The first-order valence-electron chi connectivity index (χ1n) is 12.4. The van der Waals surface area contributed by atoms with Crippen molar-refractivity contribution in [2.24, 2.45) is 17.8 Å². The lowest BCUT2D eigenvalue weighted by atomic mass is 9.70. The fourth-order valence-corrected chi connectivity index (χ4v) is 7.23. The number of benzene rings is 1. The van der Waals surface area contributed by atoms with Gasteiger partial charge in [0.15, 0.2) is 0 Å². The molecule has 0 aliphatic carbocycles. The highest BCUT2D eigenvalue weighted by Crippen LogP contribution is 2.60. The number of hydrogen-bond donors (Lipinski definition) is 2. The van der Waals surface area contributed by atoms with Gasteiger partial charge in [0.05, 0.1) is 37.2 Å². The van der Waals surface area contributed by atoms with Gasteiger partial charge in [0.1, 0.15) is 11.6 Å². The molecule has 1 spiro atoms. The van der Waals surface area contributed by atoms with Crippen molar-refractivity contribution >= 4 is 39.4 Å². The molecular formula is C26H35BrN2O6. The number of amides is 2. The van der Waals surface area contributed by atoms with E-state index in [0.717, 1.165) is 11.1 Å². The number of esters is 1. The molecule has 7 atom stereocenters. The molecule has 2 N–H and O–H groups in total. The maximum atomic E-state index is 14.0. The lowest BCUT2D eigenvalue weighted by molar-refractivity contribution is -0.155. The van der Waals surface area contributed by atoms with Gasteiger partial charge in [0.2, 0.25) is 11.8 Å². The third kappa shape index (κ3) is 4.19. The van der Waals surface area contributed by atoms with Crippen LogP contribution < -0.4 is 5.32 Å². The Bertz CT molecular complexity index is 995. The highest BCUT2D eigenvalue weighted by Gasteiger charge is 2.77. The maximum Gasteiger partial charge on any atom is 0.312 e. The summed E-state index contributed by atoms with van der Waals surface area (Å²) in [5.41, 5.74) is 1.32. The summed E-state index contributed by atoms with van der Waals surface area (Å²) in [6.07, 6.45) is 0.368. The van der Waals surface area contributed by atoms with Gasteiger partial charge in [0.25, 0.3) is 0 Å². The lowest BCUT2D eigenvalue weighted by Crippen LogP contribution is -2.57. The van der Waals surface area contributed by atoms with Gasteiger partial charge in [-0.2, -0.15) is 0 Å². The van der Waals surface area contributed by atoms with Crippen LogP contribution in [0.15, 0.2) is 18.2 Å². The summed E-state index contributed by atoms with van der Waals surface area (Å²) < 4.78 is 11.8. The number of carbonyl (C=O) groups excluding carboxylic acids is 3. The summed E-state index contributed by atoms with van der Waals surface area (Å²) >= 11 is 3.64. The molecule has 3 saturated heterocycles. The molecule has 1 unspecified atom stereocenters. The third-order valence-corrected chi connectivity index (χ3v) is 8.46. The molecule has 8 nitrogen and oxygen atoms in total. The molecule has 3 aliphatic rings. The van der Waals surface area contributed by atoms with Gasteiger partial charge >= 0.3 is 5.97 Å². The van der Waals surface area contributed by atoms with E-state index in [1.165, 1.54) is 4.90 Å². The average Bonchev–Trinajstić information content (AvgIpc) is 3.38. The quantitative estimate of drug-likeness (QED) is 0.381. The van der Waals surface area contributed by atoms with E-state index in [2.05, 4.69) is 21.2 Å². The number of aliphatic hydroxyl groups is 1. The van der Waals surface area contributed by atoms with E-state index in [-0.39, 0.29) is 35.8 Å². The van der Waals surface area contributed by atoms with Crippen LogP contribution in [0, 0.1) is 31.6 Å². The minimum Gasteiger partial charge on any atom is -0.466 e. The second-order valence-electron chi connectivity index (χ2n) is 10.4. The molecule has 0 aromatic heterocycles. The summed E-state index contributed by atoms with van der Waals surface area (Å²) in [5.74, 6) is -2.64. The monoisotopic (exact) mass is 550 g/mol. The molecule has 0 saturated carbocycles. The van der Waals surface area contributed by atoms with E-state index in [1.54, 1.807) is 6.92 Å². The molecule has 35 heavy (non-hydrogen) atoms. The van der Waals surface area contributed by atoms with Crippen molar-refractivity contribution < 1.29 is 29.0 Å². The molecular weight excluding hydrogens is 516 g/mol. The Morgan fingerprint density at radius 2 is 1.97 bits per heavy atom. The molecule has 0 radical (unpaired) electrons. The number of alkyl halides is 1. The largest absolute Gasteiger partial charge is 0.466 e. The number of fused-ring (bicyclic) bond motifs is 1. The number of nitrogens with zero attached hydrogens (tertiary/aromatic N) is 1. The zero-order valence-corrected chi connectivity index (χ0v) is 22.5. The number of para-hydroxylation sites is 1. The number of aryl methyl sites for hydroxylation is 2. The van der Waals surface area contributed by atoms with Crippen molar-refractivity contribution in [3.05, 3.63) is 29.3 Å². The minimum atomic E-state index is -1.18. The number of rotatable bonds is 8. The standard InChI is InChI=1S/C26H35BrN2O6/c1-6-34-25(33)18-19-24(32)29(16(12-30)10-13(2)3)22(26(19)11-17(27)21(18)35-26)23(31)28-20-14(4)8-7-9-15(20)5/h7-9,13,16-19,21-22,30H,6,10-12H2,1-5H3,(H,28,31)/t16-,17?,18-,19+,21-,22-,26+/m1/s1. The van der Waals surface area contributed by atoms with Crippen LogP contribution in [0.3, 0.4) is 0 Å². The van der Waals surface area contributed by atoms with E-state index in [4.69, 9.17) is 9.47 Å². The van der Waals surface area contributed by atoms with Crippen LogP contribution in [0.25, 0.3) is 0 Å². The Balaban J connectivity index is 1.80. The first-order chi connectivity index (χ1) is 16.6. The lowest BCUT2D eigenvalue weighted by Gasteiger charge is -2.37. The molecule has 2 bridgehead atoms. The van der Waals surface area contributed by atoms with Gasteiger partial charge in [0, 0.05) is 10.5 Å². The Hall–Kier alpha value is -1.97. The molecule has 3 aliphatic heterocycles. The molecule has 4 rings (SSSR count). The predicted molar refractivity (Wildman–Crippen MR) is 134 cm³/mol. The Morgan fingerprint density at radius 1 is 1.31 bits per heavy atom. The smallest absolute Gasteiger partial charge is 0.312 e. The Kier molecular flexibility index (Phi) is 7.33. The normalized spacial score (nSPS) is 32.2. The Labute approximate surface area is 214 Å². The summed E-state index contributed by atoms with van der Waals surface area (Å²) in [6, 6.07) is 4.19. The topological polar surface area (TPSA) is 105 Å². The average molecular weight is 551 g/mol. The van der Waals surface area contributed by atoms with Gasteiger partial charge in [-0.1, -0.05) is 48.0 Å². The van der Waals surface area contributed by atoms with E-state index < -0.39 is 41.6 Å². The summed E-state index contributed by atoms with van der Waals surface area (Å²) in [7, 11) is 0. The first-order valence-corrected chi connectivity index (χ1v) is 13.3. The van der Waals surface area contributed by atoms with Crippen LogP contribution in [0.4, 0.5) is 5.69 Å². The van der Waals surface area contributed by atoms with Gasteiger partial charge in [-0.15, -0.1) is 0 Å². The second-order valence-corrected chi connectivity index (χ2v) is 11.6. The van der Waals surface area contributed by atoms with Crippen molar-refractivity contribution in [3.63, 3.8) is 0 Å². The van der Waals surface area contributed by atoms with Crippen molar-refractivity contribution in [1.82, 2.24) is 4.90 Å². The van der Waals surface area contributed by atoms with Crippen LogP contribution in [0.2, 0.25) is 0 Å². The van der Waals surface area contributed by atoms with Gasteiger partial charge in [-0.05, 0) is 50.7 Å². The number of anilines is 1. The van der Waals surface area contributed by atoms with Crippen molar-refractivity contribution in [1.29, 1.82) is 0 Å². The number of hydrogen-bond acceptors (Lipinski definition) is 6. The molecule has 9 heteroatoms. The number of ether oxygens (including phenoxy) is 2. The maximum absolute atomic E-state index is 14.0. The van der Waals surface area contributed by atoms with Crippen LogP contribution in [-0.2, 0) is 23.9 Å². The van der Waals surface area contributed by atoms with E-state index in [0.29, 0.717) is 18.5 Å². The zero-order valence-electron chi connectivity index (χ0n) is 20.9. The fourth-order valence-electron chi connectivity index (χ4n) is 6.29. The Morgan fingerprint density at radius 3 is 2.54 bits per heavy atom. The molecule has 192 valence electrons. The van der Waals surface area contributed by atoms with Crippen LogP contribution >= 0.6 is 15.9 Å². The fraction of sp³-hybridized carbons (Fsp3) is 0.654. The van der Waals surface area contributed by atoms with Gasteiger partial charge in [-0.3, -0.25) is 14.4 Å². The molecule has 1 aromatic carbocycles. The number of nitrogens with one attached hydrogen (secondary N) is 1. The van der Waals surface area contributed by atoms with Crippen LogP contribution in [-0.4, -0.2) is 69.6 Å². The number of aliphatic hydroxyl groups excluding tert-OH is 1. The zero-order chi connectivity index (χ0) is 25.7. The van der Waals surface area contributed by atoms with Gasteiger partial charge < -0.3 is 24.8 Å².